The van der Waals surface area contributed by atoms with Crippen LogP contribution in [0.1, 0.15) is 26.2 Å². The molecule has 2 atom stereocenters. The number of hydrogen-bond acceptors (Lipinski definition) is 2. The first-order valence-electron chi connectivity index (χ1n) is 4.28. The molecule has 2 N–H and O–H groups in total. The predicted octanol–water partition coefficient (Wildman–Crippen LogP) is 0.992. The van der Waals surface area contributed by atoms with Crippen molar-refractivity contribution in [1.29, 1.82) is 0 Å². The molecule has 1 heterocycles. The molecule has 0 saturated carbocycles. The maximum atomic E-state index is 10.7. The number of nitrogens with zero attached hydrogens (tertiary/aromatic N) is 1. The molecule has 0 bridgehead atoms. The molecule has 5 heteroatoms. The number of rotatable bonds is 1. The Kier molecular flexibility index (Phi) is 2.75. The van der Waals surface area contributed by atoms with Gasteiger partial charge in [0.2, 0.25) is 0 Å². The normalized spacial score (nSPS) is 28.5. The van der Waals surface area contributed by atoms with Crippen LogP contribution in [0.15, 0.2) is 0 Å². The number of carboxylic acid groups (broad SMARTS) is 2. The van der Waals surface area contributed by atoms with Crippen molar-refractivity contribution in [1.82, 2.24) is 4.90 Å². The van der Waals surface area contributed by atoms with Gasteiger partial charge in [-0.3, -0.25) is 4.90 Å². The topological polar surface area (TPSA) is 77.8 Å². The largest absolute Gasteiger partial charge is 0.480 e. The molecule has 1 saturated heterocycles. The molecular weight excluding hydrogens is 174 g/mol. The lowest BCUT2D eigenvalue weighted by molar-refractivity contribution is -0.144. The third kappa shape index (κ3) is 1.91. The summed E-state index contributed by atoms with van der Waals surface area (Å²) in [5, 5.41) is 17.6. The van der Waals surface area contributed by atoms with Crippen LogP contribution in [-0.4, -0.2) is 39.3 Å². The van der Waals surface area contributed by atoms with E-state index in [1.165, 1.54) is 0 Å². The lowest BCUT2D eigenvalue weighted by Gasteiger charge is -2.36. The maximum absolute atomic E-state index is 10.7. The molecule has 2 unspecified atom stereocenters. The number of hydrogen-bond donors (Lipinski definition) is 2. The highest BCUT2D eigenvalue weighted by Gasteiger charge is 2.35. The number of carbonyl (C=O) groups is 2. The molecule has 1 aliphatic heterocycles. The van der Waals surface area contributed by atoms with Gasteiger partial charge in [0, 0.05) is 6.04 Å². The summed E-state index contributed by atoms with van der Waals surface area (Å²) in [6.45, 7) is 1.74. The number of carboxylic acids is 1. The first-order chi connectivity index (χ1) is 6.04. The van der Waals surface area contributed by atoms with Gasteiger partial charge in [-0.05, 0) is 26.2 Å². The van der Waals surface area contributed by atoms with Crippen LogP contribution in [0.3, 0.4) is 0 Å². The Morgan fingerprint density at radius 1 is 1.31 bits per heavy atom. The Balaban J connectivity index is 2.80. The fourth-order valence-corrected chi connectivity index (χ4v) is 1.76. The summed E-state index contributed by atoms with van der Waals surface area (Å²) in [5.74, 6) is -1.05. The van der Waals surface area contributed by atoms with Gasteiger partial charge in [0.15, 0.2) is 0 Å². The first kappa shape index (κ1) is 9.83. The van der Waals surface area contributed by atoms with E-state index in [4.69, 9.17) is 10.2 Å². The van der Waals surface area contributed by atoms with Crippen LogP contribution in [0, 0.1) is 0 Å². The molecule has 1 amide bonds. The molecule has 0 aliphatic carbocycles. The van der Waals surface area contributed by atoms with E-state index >= 15 is 0 Å². The molecule has 1 fully saturated rings. The second kappa shape index (κ2) is 3.64. The highest BCUT2D eigenvalue weighted by atomic mass is 16.4. The van der Waals surface area contributed by atoms with Crippen molar-refractivity contribution in [2.24, 2.45) is 0 Å². The average molecular weight is 187 g/mol. The fraction of sp³-hybridized carbons (Fsp3) is 0.750. The highest BCUT2D eigenvalue weighted by Crippen LogP contribution is 2.22. The van der Waals surface area contributed by atoms with E-state index in [9.17, 15) is 9.59 Å². The molecular formula is C8H13NO4. The Hall–Kier alpha value is -1.26. The summed E-state index contributed by atoms with van der Waals surface area (Å²) in [4.78, 5) is 22.5. The Labute approximate surface area is 76.0 Å². The van der Waals surface area contributed by atoms with Crippen molar-refractivity contribution in [3.05, 3.63) is 0 Å². The maximum Gasteiger partial charge on any atom is 0.408 e. The highest BCUT2D eigenvalue weighted by molar-refractivity contribution is 5.79. The van der Waals surface area contributed by atoms with E-state index in [-0.39, 0.29) is 6.04 Å². The van der Waals surface area contributed by atoms with Crippen LogP contribution in [0.5, 0.6) is 0 Å². The minimum absolute atomic E-state index is 0.188. The summed E-state index contributed by atoms with van der Waals surface area (Å²) in [6, 6.07) is -1.05. The lowest BCUT2D eigenvalue weighted by Crippen LogP contribution is -2.51. The van der Waals surface area contributed by atoms with Gasteiger partial charge in [-0.15, -0.1) is 0 Å². The average Bonchev–Trinajstić information content (AvgIpc) is 2.02. The summed E-state index contributed by atoms with van der Waals surface area (Å²) < 4.78 is 0. The molecule has 0 aromatic heterocycles. The van der Waals surface area contributed by atoms with Crippen molar-refractivity contribution in [3.63, 3.8) is 0 Å². The zero-order valence-corrected chi connectivity index (χ0v) is 7.43. The van der Waals surface area contributed by atoms with Crippen LogP contribution >= 0.6 is 0 Å². The Bertz CT molecular complexity index is 228. The molecule has 1 aliphatic rings. The van der Waals surface area contributed by atoms with Crippen LogP contribution < -0.4 is 0 Å². The Morgan fingerprint density at radius 3 is 2.31 bits per heavy atom. The molecule has 5 nitrogen and oxygen atoms in total. The monoisotopic (exact) mass is 187 g/mol. The quantitative estimate of drug-likeness (QED) is 0.641. The zero-order chi connectivity index (χ0) is 10.0. The second-order valence-corrected chi connectivity index (χ2v) is 3.32. The second-order valence-electron chi connectivity index (χ2n) is 3.32. The van der Waals surface area contributed by atoms with Crippen molar-refractivity contribution < 1.29 is 19.8 Å². The smallest absolute Gasteiger partial charge is 0.408 e. The molecule has 0 spiro atoms. The molecule has 13 heavy (non-hydrogen) atoms. The standard InChI is InChI=1S/C8H13NO4/c1-5-3-2-4-6(7(10)11)9(5)8(12)13/h5-6H,2-4H2,1H3,(H,10,11)(H,12,13). The van der Waals surface area contributed by atoms with E-state index in [2.05, 4.69) is 0 Å². The minimum Gasteiger partial charge on any atom is -0.480 e. The number of aliphatic carboxylic acids is 1. The predicted molar refractivity (Wildman–Crippen MR) is 44.6 cm³/mol. The number of likely N-dealkylation sites (tertiary alicyclic amines) is 1. The van der Waals surface area contributed by atoms with Crippen molar-refractivity contribution in [3.8, 4) is 0 Å². The van der Waals surface area contributed by atoms with Gasteiger partial charge < -0.3 is 10.2 Å². The summed E-state index contributed by atoms with van der Waals surface area (Å²) in [5.41, 5.74) is 0. The molecule has 0 radical (unpaired) electrons. The van der Waals surface area contributed by atoms with Crippen molar-refractivity contribution in [2.45, 2.75) is 38.3 Å². The van der Waals surface area contributed by atoms with E-state index in [1.807, 2.05) is 0 Å². The third-order valence-electron chi connectivity index (χ3n) is 2.42. The van der Waals surface area contributed by atoms with Crippen molar-refractivity contribution >= 4 is 12.1 Å². The molecule has 0 aromatic rings. The third-order valence-corrected chi connectivity index (χ3v) is 2.42. The van der Waals surface area contributed by atoms with E-state index in [0.717, 1.165) is 17.7 Å². The van der Waals surface area contributed by atoms with Crippen molar-refractivity contribution in [2.75, 3.05) is 0 Å². The zero-order valence-electron chi connectivity index (χ0n) is 7.43. The Morgan fingerprint density at radius 2 is 1.92 bits per heavy atom. The van der Waals surface area contributed by atoms with Gasteiger partial charge in [-0.25, -0.2) is 9.59 Å². The summed E-state index contributed by atoms with van der Waals surface area (Å²) in [7, 11) is 0. The number of piperidine rings is 1. The lowest BCUT2D eigenvalue weighted by atomic mass is 9.97. The van der Waals surface area contributed by atoms with E-state index in [0.29, 0.717) is 6.42 Å². The summed E-state index contributed by atoms with van der Waals surface area (Å²) >= 11 is 0. The van der Waals surface area contributed by atoms with E-state index in [1.54, 1.807) is 6.92 Å². The molecule has 1 rings (SSSR count). The first-order valence-corrected chi connectivity index (χ1v) is 4.28. The minimum atomic E-state index is -1.14. The van der Waals surface area contributed by atoms with Gasteiger partial charge in [-0.2, -0.15) is 0 Å². The van der Waals surface area contributed by atoms with Crippen LogP contribution in [0.4, 0.5) is 4.79 Å². The molecule has 74 valence electrons. The van der Waals surface area contributed by atoms with Gasteiger partial charge in [-0.1, -0.05) is 0 Å². The summed E-state index contributed by atoms with van der Waals surface area (Å²) in [6.07, 6.45) is 0.809. The SMILES string of the molecule is CC1CCCC(C(=O)O)N1C(=O)O. The van der Waals surface area contributed by atoms with Crippen LogP contribution in [-0.2, 0) is 4.79 Å². The van der Waals surface area contributed by atoms with Gasteiger partial charge in [0.05, 0.1) is 0 Å². The van der Waals surface area contributed by atoms with Gasteiger partial charge >= 0.3 is 12.1 Å². The number of amides is 1. The molecule has 0 aromatic carbocycles. The van der Waals surface area contributed by atoms with Crippen LogP contribution in [0.25, 0.3) is 0 Å². The van der Waals surface area contributed by atoms with Gasteiger partial charge in [0.25, 0.3) is 0 Å². The van der Waals surface area contributed by atoms with Gasteiger partial charge in [0.1, 0.15) is 6.04 Å². The van der Waals surface area contributed by atoms with E-state index < -0.39 is 18.1 Å². The van der Waals surface area contributed by atoms with Crippen LogP contribution in [0.2, 0.25) is 0 Å². The fourth-order valence-electron chi connectivity index (χ4n) is 1.76.